The highest BCUT2D eigenvalue weighted by Gasteiger charge is 2.33. The molecule has 0 bridgehead atoms. The number of carbonyl (C=O) groups is 1. The van der Waals surface area contributed by atoms with Crippen molar-refractivity contribution < 1.29 is 14.6 Å². The molecule has 96 valence electrons. The van der Waals surface area contributed by atoms with Crippen molar-refractivity contribution in [1.82, 2.24) is 4.90 Å². The van der Waals surface area contributed by atoms with Crippen molar-refractivity contribution in [3.05, 3.63) is 0 Å². The van der Waals surface area contributed by atoms with Crippen LogP contribution in [0.3, 0.4) is 0 Å². The Labute approximate surface area is 103 Å². The van der Waals surface area contributed by atoms with Crippen LogP contribution in [0.15, 0.2) is 0 Å². The molecule has 1 aliphatic rings. The molecule has 0 unspecified atom stereocenters. The first kappa shape index (κ1) is 13.9. The number of aliphatic hydroxyl groups excluding tert-OH is 1. The lowest BCUT2D eigenvalue weighted by atomic mass is 9.98. The lowest BCUT2D eigenvalue weighted by Gasteiger charge is -2.37. The van der Waals surface area contributed by atoms with Crippen molar-refractivity contribution >= 4 is 6.09 Å². The van der Waals surface area contributed by atoms with Crippen LogP contribution in [0.4, 0.5) is 4.79 Å². The summed E-state index contributed by atoms with van der Waals surface area (Å²) in [7, 11) is 0. The van der Waals surface area contributed by atoms with E-state index < -0.39 is 17.8 Å². The number of amides is 1. The van der Waals surface area contributed by atoms with E-state index in [1.807, 2.05) is 20.8 Å². The summed E-state index contributed by atoms with van der Waals surface area (Å²) in [6.07, 6.45) is 6.53. The maximum absolute atomic E-state index is 12.0. The van der Waals surface area contributed by atoms with Crippen LogP contribution < -0.4 is 0 Å². The topological polar surface area (TPSA) is 49.8 Å². The number of nitrogens with zero attached hydrogens (tertiary/aromatic N) is 1. The number of hydrogen-bond acceptors (Lipinski definition) is 3. The molecule has 1 rings (SSSR count). The van der Waals surface area contributed by atoms with Crippen LogP contribution in [0.1, 0.15) is 40.0 Å². The molecule has 1 heterocycles. The van der Waals surface area contributed by atoms with E-state index in [2.05, 4.69) is 5.92 Å². The third-order valence-corrected chi connectivity index (χ3v) is 2.71. The van der Waals surface area contributed by atoms with Crippen LogP contribution in [-0.2, 0) is 4.74 Å². The molecular formula is C13H21NO3. The number of terminal acetylenes is 1. The molecule has 0 aromatic carbocycles. The Bertz CT molecular complexity index is 314. The van der Waals surface area contributed by atoms with Crippen LogP contribution >= 0.6 is 0 Å². The zero-order valence-corrected chi connectivity index (χ0v) is 10.8. The second-order valence-corrected chi connectivity index (χ2v) is 5.35. The minimum atomic E-state index is -0.914. The van der Waals surface area contributed by atoms with Gasteiger partial charge in [-0.05, 0) is 40.0 Å². The predicted octanol–water partition coefficient (Wildman–Crippen LogP) is 1.77. The maximum Gasteiger partial charge on any atom is 0.410 e. The van der Waals surface area contributed by atoms with Gasteiger partial charge < -0.3 is 14.7 Å². The Morgan fingerprint density at radius 3 is 2.71 bits per heavy atom. The summed E-state index contributed by atoms with van der Waals surface area (Å²) >= 11 is 0. The van der Waals surface area contributed by atoms with Gasteiger partial charge in [0.05, 0.1) is 6.04 Å². The van der Waals surface area contributed by atoms with Crippen molar-refractivity contribution in [3.63, 3.8) is 0 Å². The van der Waals surface area contributed by atoms with Gasteiger partial charge in [0.2, 0.25) is 0 Å². The summed E-state index contributed by atoms with van der Waals surface area (Å²) in [4.78, 5) is 13.5. The van der Waals surface area contributed by atoms with E-state index in [0.717, 1.165) is 19.3 Å². The number of likely N-dealkylation sites (tertiary alicyclic amines) is 1. The van der Waals surface area contributed by atoms with Gasteiger partial charge in [0, 0.05) is 6.54 Å². The molecule has 1 N–H and O–H groups in total. The van der Waals surface area contributed by atoms with Crippen molar-refractivity contribution in [2.45, 2.75) is 57.8 Å². The van der Waals surface area contributed by atoms with Gasteiger partial charge in [-0.1, -0.05) is 5.92 Å². The molecule has 17 heavy (non-hydrogen) atoms. The Kier molecular flexibility index (Phi) is 4.41. The van der Waals surface area contributed by atoms with Crippen LogP contribution in [0.5, 0.6) is 0 Å². The minimum absolute atomic E-state index is 0.316. The fourth-order valence-corrected chi connectivity index (χ4v) is 1.94. The minimum Gasteiger partial charge on any atom is -0.444 e. The molecule has 1 fully saturated rings. The number of ether oxygens (including phenoxy) is 1. The van der Waals surface area contributed by atoms with Gasteiger partial charge in [-0.15, -0.1) is 6.42 Å². The summed E-state index contributed by atoms with van der Waals surface area (Å²) in [5.74, 6) is 2.29. The molecule has 1 aliphatic heterocycles. The lowest BCUT2D eigenvalue weighted by Crippen LogP contribution is -2.50. The molecule has 0 spiro atoms. The second kappa shape index (κ2) is 5.42. The molecule has 1 saturated heterocycles. The first-order valence-corrected chi connectivity index (χ1v) is 5.99. The SMILES string of the molecule is C#C[C@@H](O)[C@@H]1CCCCN1C(=O)OC(C)(C)C. The van der Waals surface area contributed by atoms with E-state index in [9.17, 15) is 9.90 Å². The fourth-order valence-electron chi connectivity index (χ4n) is 1.94. The average molecular weight is 239 g/mol. The van der Waals surface area contributed by atoms with E-state index in [0.29, 0.717) is 6.54 Å². The normalized spacial score (nSPS) is 22.8. The van der Waals surface area contributed by atoms with Crippen LogP contribution in [0.25, 0.3) is 0 Å². The molecule has 0 saturated carbocycles. The van der Waals surface area contributed by atoms with Gasteiger partial charge in [0.1, 0.15) is 11.7 Å². The van der Waals surface area contributed by atoms with Crippen LogP contribution in [0.2, 0.25) is 0 Å². The molecule has 2 atom stereocenters. The molecule has 0 aliphatic carbocycles. The van der Waals surface area contributed by atoms with Gasteiger partial charge in [0.25, 0.3) is 0 Å². The number of carbonyl (C=O) groups excluding carboxylic acids is 1. The highest BCUT2D eigenvalue weighted by molar-refractivity contribution is 5.68. The lowest BCUT2D eigenvalue weighted by molar-refractivity contribution is -0.00627. The summed E-state index contributed by atoms with van der Waals surface area (Å²) in [6, 6.07) is -0.316. The van der Waals surface area contributed by atoms with E-state index in [4.69, 9.17) is 11.2 Å². The summed E-state index contributed by atoms with van der Waals surface area (Å²) < 4.78 is 5.31. The first-order valence-electron chi connectivity index (χ1n) is 5.99. The predicted molar refractivity (Wildman–Crippen MR) is 65.4 cm³/mol. The Morgan fingerprint density at radius 1 is 1.53 bits per heavy atom. The summed E-state index contributed by atoms with van der Waals surface area (Å²) in [6.45, 7) is 6.06. The smallest absolute Gasteiger partial charge is 0.410 e. The Hall–Kier alpha value is -1.21. The Balaban J connectivity index is 2.72. The number of rotatable bonds is 1. The first-order chi connectivity index (χ1) is 7.85. The van der Waals surface area contributed by atoms with Gasteiger partial charge in [-0.25, -0.2) is 4.79 Å². The third-order valence-electron chi connectivity index (χ3n) is 2.71. The highest BCUT2D eigenvalue weighted by atomic mass is 16.6. The van der Waals surface area contributed by atoms with Gasteiger partial charge in [-0.2, -0.15) is 0 Å². The van der Waals surface area contributed by atoms with E-state index in [1.54, 1.807) is 4.90 Å². The van der Waals surface area contributed by atoms with E-state index >= 15 is 0 Å². The van der Waals surface area contributed by atoms with Crippen LogP contribution in [-0.4, -0.2) is 40.4 Å². The Morgan fingerprint density at radius 2 is 2.18 bits per heavy atom. The van der Waals surface area contributed by atoms with Gasteiger partial charge in [-0.3, -0.25) is 0 Å². The van der Waals surface area contributed by atoms with Crippen molar-refractivity contribution in [2.75, 3.05) is 6.54 Å². The van der Waals surface area contributed by atoms with Crippen molar-refractivity contribution in [1.29, 1.82) is 0 Å². The standard InChI is InChI=1S/C13H21NO3/c1-5-11(15)10-8-6-7-9-14(10)12(16)17-13(2,3)4/h1,10-11,15H,6-9H2,2-4H3/t10-,11+/m0/s1. The molecule has 4 nitrogen and oxygen atoms in total. The molecule has 0 radical (unpaired) electrons. The molecule has 0 aromatic rings. The monoisotopic (exact) mass is 239 g/mol. The number of hydrogen-bond donors (Lipinski definition) is 1. The fraction of sp³-hybridized carbons (Fsp3) is 0.769. The molecule has 0 aromatic heterocycles. The highest BCUT2D eigenvalue weighted by Crippen LogP contribution is 2.22. The average Bonchev–Trinajstić information content (AvgIpc) is 2.25. The second-order valence-electron chi connectivity index (χ2n) is 5.35. The van der Waals surface area contributed by atoms with Gasteiger partial charge in [0.15, 0.2) is 0 Å². The maximum atomic E-state index is 12.0. The quantitative estimate of drug-likeness (QED) is 0.709. The number of aliphatic hydroxyl groups is 1. The van der Waals surface area contributed by atoms with E-state index in [-0.39, 0.29) is 6.04 Å². The van der Waals surface area contributed by atoms with Crippen molar-refractivity contribution in [3.8, 4) is 12.3 Å². The molecular weight excluding hydrogens is 218 g/mol. The summed E-state index contributed by atoms with van der Waals surface area (Å²) in [5.41, 5.74) is -0.528. The largest absolute Gasteiger partial charge is 0.444 e. The van der Waals surface area contributed by atoms with E-state index in [1.165, 1.54) is 0 Å². The number of piperidine rings is 1. The third kappa shape index (κ3) is 3.94. The zero-order chi connectivity index (χ0) is 13.1. The zero-order valence-electron chi connectivity index (χ0n) is 10.8. The molecule has 4 heteroatoms. The summed E-state index contributed by atoms with van der Waals surface area (Å²) in [5, 5.41) is 9.71. The van der Waals surface area contributed by atoms with Crippen LogP contribution in [0, 0.1) is 12.3 Å². The van der Waals surface area contributed by atoms with Gasteiger partial charge >= 0.3 is 6.09 Å². The van der Waals surface area contributed by atoms with Crippen molar-refractivity contribution in [2.24, 2.45) is 0 Å². The molecule has 1 amide bonds.